The number of nitrogens with zero attached hydrogens (tertiary/aromatic N) is 3. The van der Waals surface area contributed by atoms with E-state index in [1.54, 1.807) is 0 Å². The first-order chi connectivity index (χ1) is 10.3. The molecule has 21 heavy (non-hydrogen) atoms. The van der Waals surface area contributed by atoms with Crippen LogP contribution in [0.2, 0.25) is 0 Å². The molecule has 0 radical (unpaired) electrons. The molecule has 1 saturated heterocycles. The van der Waals surface area contributed by atoms with Gasteiger partial charge in [-0.1, -0.05) is 0 Å². The van der Waals surface area contributed by atoms with Gasteiger partial charge in [0.05, 0.1) is 6.33 Å². The van der Waals surface area contributed by atoms with Gasteiger partial charge < -0.3 is 20.9 Å². The van der Waals surface area contributed by atoms with Crippen molar-refractivity contribution >= 4 is 11.4 Å². The van der Waals surface area contributed by atoms with Crippen LogP contribution in [-0.2, 0) is 0 Å². The molecule has 5 heteroatoms. The number of hydrogen-bond donors (Lipinski definition) is 2. The summed E-state index contributed by atoms with van der Waals surface area (Å²) < 4.78 is 2.21. The SMILES string of the molecule is NCCC(C1CCN(c2ccc(N)cc2)C1)n1ccnc1. The van der Waals surface area contributed by atoms with E-state index in [9.17, 15) is 0 Å². The second kappa shape index (κ2) is 6.18. The summed E-state index contributed by atoms with van der Waals surface area (Å²) in [6, 6.07) is 8.59. The predicted octanol–water partition coefficient (Wildman–Crippen LogP) is 1.88. The highest BCUT2D eigenvalue weighted by Gasteiger charge is 2.30. The molecule has 0 bridgehead atoms. The summed E-state index contributed by atoms with van der Waals surface area (Å²) in [4.78, 5) is 6.61. The van der Waals surface area contributed by atoms with Gasteiger partial charge in [-0.25, -0.2) is 4.98 Å². The lowest BCUT2D eigenvalue weighted by atomic mass is 9.96. The van der Waals surface area contributed by atoms with E-state index in [0.717, 1.165) is 25.2 Å². The molecule has 1 aromatic carbocycles. The van der Waals surface area contributed by atoms with Gasteiger partial charge in [0.15, 0.2) is 0 Å². The van der Waals surface area contributed by atoms with Gasteiger partial charge in [-0.2, -0.15) is 0 Å². The fourth-order valence-electron chi connectivity index (χ4n) is 3.29. The van der Waals surface area contributed by atoms with E-state index >= 15 is 0 Å². The first-order valence-electron chi connectivity index (χ1n) is 7.56. The Morgan fingerprint density at radius 1 is 1.29 bits per heavy atom. The highest BCUT2D eigenvalue weighted by molar-refractivity contribution is 5.53. The van der Waals surface area contributed by atoms with Crippen LogP contribution in [0.1, 0.15) is 18.9 Å². The van der Waals surface area contributed by atoms with Crippen molar-refractivity contribution in [3.63, 3.8) is 0 Å². The predicted molar refractivity (Wildman–Crippen MR) is 86.1 cm³/mol. The Labute approximate surface area is 125 Å². The minimum absolute atomic E-state index is 0.441. The van der Waals surface area contributed by atoms with E-state index in [0.29, 0.717) is 18.5 Å². The van der Waals surface area contributed by atoms with Crippen LogP contribution in [0, 0.1) is 5.92 Å². The van der Waals surface area contributed by atoms with Gasteiger partial charge in [-0.05, 0) is 49.6 Å². The second-order valence-electron chi connectivity index (χ2n) is 5.74. The Balaban J connectivity index is 1.71. The van der Waals surface area contributed by atoms with Crippen LogP contribution in [-0.4, -0.2) is 29.2 Å². The summed E-state index contributed by atoms with van der Waals surface area (Å²) in [5.74, 6) is 0.611. The van der Waals surface area contributed by atoms with Crippen molar-refractivity contribution < 1.29 is 0 Å². The molecule has 4 N–H and O–H groups in total. The average Bonchev–Trinajstić information content (AvgIpc) is 3.17. The standard InChI is InChI=1S/C16H23N5/c17-7-5-16(21-10-8-19-12-21)13-6-9-20(11-13)15-3-1-14(18)2-4-15/h1-4,8,10,12-13,16H,5-7,9,11,17-18H2. The number of nitrogens with two attached hydrogens (primary N) is 2. The lowest BCUT2D eigenvalue weighted by Gasteiger charge is -2.25. The second-order valence-corrected chi connectivity index (χ2v) is 5.74. The van der Waals surface area contributed by atoms with E-state index in [1.165, 1.54) is 12.1 Å². The molecular weight excluding hydrogens is 262 g/mol. The van der Waals surface area contributed by atoms with Crippen LogP contribution in [0.15, 0.2) is 43.0 Å². The van der Waals surface area contributed by atoms with Crippen molar-refractivity contribution in [3.05, 3.63) is 43.0 Å². The number of hydrogen-bond acceptors (Lipinski definition) is 4. The van der Waals surface area contributed by atoms with Crippen LogP contribution in [0.25, 0.3) is 0 Å². The third-order valence-electron chi connectivity index (χ3n) is 4.40. The molecule has 1 aromatic heterocycles. The number of anilines is 2. The Hall–Kier alpha value is -2.01. The first kappa shape index (κ1) is 13.9. The molecule has 2 heterocycles. The van der Waals surface area contributed by atoms with E-state index in [-0.39, 0.29) is 0 Å². The summed E-state index contributed by atoms with van der Waals surface area (Å²) in [7, 11) is 0. The highest BCUT2D eigenvalue weighted by atomic mass is 15.2. The maximum Gasteiger partial charge on any atom is 0.0948 e. The largest absolute Gasteiger partial charge is 0.399 e. The third kappa shape index (κ3) is 3.03. The monoisotopic (exact) mass is 285 g/mol. The number of nitrogen functional groups attached to an aromatic ring is 1. The van der Waals surface area contributed by atoms with Gasteiger partial charge in [-0.3, -0.25) is 0 Å². The van der Waals surface area contributed by atoms with Crippen molar-refractivity contribution in [1.29, 1.82) is 0 Å². The minimum atomic E-state index is 0.441. The summed E-state index contributed by atoms with van der Waals surface area (Å²) >= 11 is 0. The van der Waals surface area contributed by atoms with Gasteiger partial charge in [-0.15, -0.1) is 0 Å². The number of aromatic nitrogens is 2. The molecule has 0 spiro atoms. The van der Waals surface area contributed by atoms with E-state index < -0.39 is 0 Å². The summed E-state index contributed by atoms with van der Waals surface area (Å²) in [5, 5.41) is 0. The first-order valence-corrected chi connectivity index (χ1v) is 7.56. The Bertz CT molecular complexity index is 549. The van der Waals surface area contributed by atoms with Crippen molar-refractivity contribution in [2.45, 2.75) is 18.9 Å². The molecule has 2 atom stereocenters. The Morgan fingerprint density at radius 3 is 2.76 bits per heavy atom. The van der Waals surface area contributed by atoms with Gasteiger partial charge in [0.25, 0.3) is 0 Å². The van der Waals surface area contributed by atoms with Crippen LogP contribution in [0.5, 0.6) is 0 Å². The lowest BCUT2D eigenvalue weighted by molar-refractivity contribution is 0.336. The number of benzene rings is 1. The van der Waals surface area contributed by atoms with Crippen molar-refractivity contribution in [3.8, 4) is 0 Å². The Morgan fingerprint density at radius 2 is 2.10 bits per heavy atom. The topological polar surface area (TPSA) is 73.1 Å². The number of rotatable bonds is 5. The summed E-state index contributed by atoms with van der Waals surface area (Å²) in [6.45, 7) is 2.86. The molecule has 0 aliphatic carbocycles. The van der Waals surface area contributed by atoms with Crippen molar-refractivity contribution in [2.24, 2.45) is 11.7 Å². The molecule has 5 nitrogen and oxygen atoms in total. The van der Waals surface area contributed by atoms with Gasteiger partial charge >= 0.3 is 0 Å². The van der Waals surface area contributed by atoms with Crippen molar-refractivity contribution in [1.82, 2.24) is 9.55 Å². The average molecular weight is 285 g/mol. The molecule has 0 saturated carbocycles. The van der Waals surface area contributed by atoms with Crippen LogP contribution >= 0.6 is 0 Å². The highest BCUT2D eigenvalue weighted by Crippen LogP contribution is 2.32. The molecule has 1 aliphatic heterocycles. The molecule has 0 amide bonds. The third-order valence-corrected chi connectivity index (χ3v) is 4.40. The Kier molecular flexibility index (Phi) is 4.10. The van der Waals surface area contributed by atoms with Crippen LogP contribution < -0.4 is 16.4 Å². The molecule has 2 aromatic rings. The summed E-state index contributed by atoms with van der Waals surface area (Å²) in [5.41, 5.74) is 13.6. The van der Waals surface area contributed by atoms with E-state index in [2.05, 4.69) is 26.6 Å². The summed E-state index contributed by atoms with van der Waals surface area (Å²) in [6.07, 6.45) is 7.98. The fraction of sp³-hybridized carbons (Fsp3) is 0.438. The number of imidazole rings is 1. The molecule has 1 fully saturated rings. The zero-order valence-electron chi connectivity index (χ0n) is 12.2. The zero-order valence-corrected chi connectivity index (χ0v) is 12.2. The van der Waals surface area contributed by atoms with Crippen LogP contribution in [0.4, 0.5) is 11.4 Å². The molecule has 3 rings (SSSR count). The fourth-order valence-corrected chi connectivity index (χ4v) is 3.29. The van der Waals surface area contributed by atoms with Crippen molar-refractivity contribution in [2.75, 3.05) is 30.3 Å². The van der Waals surface area contributed by atoms with Gasteiger partial charge in [0.2, 0.25) is 0 Å². The molecule has 1 aliphatic rings. The minimum Gasteiger partial charge on any atom is -0.399 e. The normalized spacial score (nSPS) is 19.9. The molecule has 2 unspecified atom stereocenters. The molecule has 112 valence electrons. The smallest absolute Gasteiger partial charge is 0.0948 e. The lowest BCUT2D eigenvalue weighted by Crippen LogP contribution is -2.25. The van der Waals surface area contributed by atoms with Gasteiger partial charge in [0.1, 0.15) is 0 Å². The van der Waals surface area contributed by atoms with E-state index in [4.69, 9.17) is 11.5 Å². The quantitative estimate of drug-likeness (QED) is 0.823. The molecular formula is C16H23N5. The maximum atomic E-state index is 5.80. The van der Waals surface area contributed by atoms with Crippen LogP contribution in [0.3, 0.4) is 0 Å². The van der Waals surface area contributed by atoms with Gasteiger partial charge in [0, 0.05) is 42.9 Å². The maximum absolute atomic E-state index is 5.80. The van der Waals surface area contributed by atoms with E-state index in [1.807, 2.05) is 30.9 Å². The zero-order chi connectivity index (χ0) is 14.7.